The van der Waals surface area contributed by atoms with E-state index in [1.54, 1.807) is 12.3 Å². The van der Waals surface area contributed by atoms with Gasteiger partial charge in [-0.3, -0.25) is 0 Å². The van der Waals surface area contributed by atoms with Gasteiger partial charge in [0.2, 0.25) is 0 Å². The van der Waals surface area contributed by atoms with E-state index in [0.29, 0.717) is 5.56 Å². The highest BCUT2D eigenvalue weighted by atomic mass is 15.1. The number of nitrogens with zero attached hydrogens (tertiary/aromatic N) is 3. The third-order valence-corrected chi connectivity index (χ3v) is 2.23. The maximum Gasteiger partial charge on any atom is 0.126 e. The number of rotatable bonds is 5. The van der Waals surface area contributed by atoms with E-state index in [-0.39, 0.29) is 0 Å². The minimum Gasteiger partial charge on any atom is -0.369 e. The van der Waals surface area contributed by atoms with Crippen molar-refractivity contribution < 1.29 is 0 Å². The molecule has 0 saturated heterocycles. The van der Waals surface area contributed by atoms with Gasteiger partial charge < -0.3 is 10.2 Å². The number of hydrogen-bond acceptors (Lipinski definition) is 4. The molecule has 0 amide bonds. The van der Waals surface area contributed by atoms with Gasteiger partial charge in [-0.05, 0) is 25.7 Å². The Kier molecular flexibility index (Phi) is 4.58. The van der Waals surface area contributed by atoms with Crippen LogP contribution >= 0.6 is 0 Å². The molecule has 1 heterocycles. The monoisotopic (exact) mass is 204 g/mol. The van der Waals surface area contributed by atoms with E-state index in [1.807, 2.05) is 12.1 Å². The summed E-state index contributed by atoms with van der Waals surface area (Å²) in [5, 5.41) is 11.8. The molecule has 0 unspecified atom stereocenters. The van der Waals surface area contributed by atoms with Crippen molar-refractivity contribution in [2.24, 2.45) is 0 Å². The Hall–Kier alpha value is -1.60. The van der Waals surface area contributed by atoms with Gasteiger partial charge >= 0.3 is 0 Å². The first-order chi connectivity index (χ1) is 7.26. The molecule has 15 heavy (non-hydrogen) atoms. The van der Waals surface area contributed by atoms with Crippen LogP contribution in [-0.4, -0.2) is 36.6 Å². The Labute approximate surface area is 90.5 Å². The van der Waals surface area contributed by atoms with Crippen molar-refractivity contribution in [3.8, 4) is 6.07 Å². The average molecular weight is 204 g/mol. The summed E-state index contributed by atoms with van der Waals surface area (Å²) in [5.74, 6) is 0.818. The molecule has 4 heteroatoms. The van der Waals surface area contributed by atoms with Crippen LogP contribution in [0.4, 0.5) is 5.82 Å². The minimum atomic E-state index is 0.589. The summed E-state index contributed by atoms with van der Waals surface area (Å²) in [6.45, 7) is 5.02. The molecule has 0 fully saturated rings. The van der Waals surface area contributed by atoms with Crippen LogP contribution in [0, 0.1) is 11.3 Å². The lowest BCUT2D eigenvalue weighted by Gasteiger charge is -2.14. The quantitative estimate of drug-likeness (QED) is 0.786. The van der Waals surface area contributed by atoms with Crippen LogP contribution in [0.25, 0.3) is 0 Å². The third kappa shape index (κ3) is 3.96. The SMILES string of the molecule is CCN(C)CCNc1ccc(C#N)cn1. The molecule has 1 aromatic heterocycles. The fourth-order valence-corrected chi connectivity index (χ4v) is 1.10. The number of anilines is 1. The molecule has 0 saturated carbocycles. The van der Waals surface area contributed by atoms with Gasteiger partial charge in [0.25, 0.3) is 0 Å². The van der Waals surface area contributed by atoms with Crippen LogP contribution in [0.2, 0.25) is 0 Å². The van der Waals surface area contributed by atoms with Gasteiger partial charge in [-0.15, -0.1) is 0 Å². The second-order valence-electron chi connectivity index (χ2n) is 3.37. The fraction of sp³-hybridized carbons (Fsp3) is 0.455. The summed E-state index contributed by atoms with van der Waals surface area (Å²) in [7, 11) is 2.08. The Balaban J connectivity index is 2.35. The van der Waals surface area contributed by atoms with Gasteiger partial charge in [0.15, 0.2) is 0 Å². The van der Waals surface area contributed by atoms with Crippen LogP contribution in [-0.2, 0) is 0 Å². The van der Waals surface area contributed by atoms with Gasteiger partial charge in [0.1, 0.15) is 11.9 Å². The zero-order valence-corrected chi connectivity index (χ0v) is 9.20. The molecule has 1 N–H and O–H groups in total. The molecule has 0 aliphatic rings. The molecule has 0 spiro atoms. The average Bonchev–Trinajstić information content (AvgIpc) is 2.29. The van der Waals surface area contributed by atoms with Crippen molar-refractivity contribution in [1.82, 2.24) is 9.88 Å². The summed E-state index contributed by atoms with van der Waals surface area (Å²) in [5.41, 5.74) is 0.589. The summed E-state index contributed by atoms with van der Waals surface area (Å²) in [6.07, 6.45) is 1.58. The lowest BCUT2D eigenvalue weighted by Crippen LogP contribution is -2.24. The predicted molar refractivity (Wildman–Crippen MR) is 60.6 cm³/mol. The molecule has 0 radical (unpaired) electrons. The maximum absolute atomic E-state index is 8.59. The third-order valence-electron chi connectivity index (χ3n) is 2.23. The molecule has 0 aromatic carbocycles. The lowest BCUT2D eigenvalue weighted by molar-refractivity contribution is 0.367. The molecule has 0 aliphatic heterocycles. The molecular weight excluding hydrogens is 188 g/mol. The van der Waals surface area contributed by atoms with Crippen LogP contribution in [0.3, 0.4) is 0 Å². The van der Waals surface area contributed by atoms with E-state index < -0.39 is 0 Å². The normalized spacial score (nSPS) is 10.0. The number of aromatic nitrogens is 1. The van der Waals surface area contributed by atoms with Gasteiger partial charge in [-0.1, -0.05) is 6.92 Å². The molecule has 0 aliphatic carbocycles. The Morgan fingerprint density at radius 3 is 2.87 bits per heavy atom. The van der Waals surface area contributed by atoms with E-state index in [0.717, 1.165) is 25.5 Å². The lowest BCUT2D eigenvalue weighted by atomic mass is 10.3. The smallest absolute Gasteiger partial charge is 0.126 e. The highest BCUT2D eigenvalue weighted by molar-refractivity contribution is 5.38. The highest BCUT2D eigenvalue weighted by Crippen LogP contribution is 2.03. The molecular formula is C11H16N4. The first-order valence-corrected chi connectivity index (χ1v) is 5.05. The second-order valence-corrected chi connectivity index (χ2v) is 3.37. The van der Waals surface area contributed by atoms with E-state index in [1.165, 1.54) is 0 Å². The van der Waals surface area contributed by atoms with Crippen molar-refractivity contribution in [1.29, 1.82) is 5.26 Å². The number of hydrogen-bond donors (Lipinski definition) is 1. The van der Waals surface area contributed by atoms with Crippen molar-refractivity contribution in [3.63, 3.8) is 0 Å². The first-order valence-electron chi connectivity index (χ1n) is 5.05. The fourth-order valence-electron chi connectivity index (χ4n) is 1.10. The predicted octanol–water partition coefficient (Wildman–Crippen LogP) is 1.32. The number of pyridine rings is 1. The van der Waals surface area contributed by atoms with Gasteiger partial charge in [0, 0.05) is 19.3 Å². The Morgan fingerprint density at radius 1 is 1.53 bits per heavy atom. The summed E-state index contributed by atoms with van der Waals surface area (Å²) < 4.78 is 0. The van der Waals surface area contributed by atoms with Crippen molar-refractivity contribution >= 4 is 5.82 Å². The zero-order valence-electron chi connectivity index (χ0n) is 9.20. The number of nitrogens with one attached hydrogen (secondary N) is 1. The molecule has 1 aromatic rings. The van der Waals surface area contributed by atoms with E-state index in [9.17, 15) is 0 Å². The molecule has 0 bridgehead atoms. The Morgan fingerprint density at radius 2 is 2.33 bits per heavy atom. The van der Waals surface area contributed by atoms with Crippen molar-refractivity contribution in [3.05, 3.63) is 23.9 Å². The standard InChI is InChI=1S/C11H16N4/c1-3-15(2)7-6-13-11-5-4-10(8-12)9-14-11/h4-5,9H,3,6-7H2,1-2H3,(H,13,14). The zero-order chi connectivity index (χ0) is 11.1. The molecule has 80 valence electrons. The second kappa shape index (κ2) is 5.99. The largest absolute Gasteiger partial charge is 0.369 e. The van der Waals surface area contributed by atoms with Crippen molar-refractivity contribution in [2.45, 2.75) is 6.92 Å². The molecule has 1 rings (SSSR count). The Bertz CT molecular complexity index is 325. The topological polar surface area (TPSA) is 52.0 Å². The molecule has 4 nitrogen and oxygen atoms in total. The molecule has 0 atom stereocenters. The van der Waals surface area contributed by atoms with Crippen LogP contribution < -0.4 is 5.32 Å². The van der Waals surface area contributed by atoms with E-state index in [2.05, 4.69) is 29.2 Å². The summed E-state index contributed by atoms with van der Waals surface area (Å²) in [6, 6.07) is 5.63. The van der Waals surface area contributed by atoms with E-state index in [4.69, 9.17) is 5.26 Å². The van der Waals surface area contributed by atoms with Crippen LogP contribution in [0.5, 0.6) is 0 Å². The highest BCUT2D eigenvalue weighted by Gasteiger charge is 1.96. The van der Waals surface area contributed by atoms with E-state index >= 15 is 0 Å². The summed E-state index contributed by atoms with van der Waals surface area (Å²) in [4.78, 5) is 6.34. The number of nitriles is 1. The number of likely N-dealkylation sites (N-methyl/N-ethyl adjacent to an activating group) is 1. The van der Waals surface area contributed by atoms with Gasteiger partial charge in [0.05, 0.1) is 5.56 Å². The first kappa shape index (κ1) is 11.5. The maximum atomic E-state index is 8.59. The van der Waals surface area contributed by atoms with Gasteiger partial charge in [-0.25, -0.2) is 4.98 Å². The van der Waals surface area contributed by atoms with Crippen LogP contribution in [0.15, 0.2) is 18.3 Å². The van der Waals surface area contributed by atoms with Crippen molar-refractivity contribution in [2.75, 3.05) is 32.0 Å². The van der Waals surface area contributed by atoms with Gasteiger partial charge in [-0.2, -0.15) is 5.26 Å². The summed E-state index contributed by atoms with van der Waals surface area (Å²) >= 11 is 0. The minimum absolute atomic E-state index is 0.589. The van der Waals surface area contributed by atoms with Crippen LogP contribution in [0.1, 0.15) is 12.5 Å².